The Balaban J connectivity index is 2.50. The first kappa shape index (κ1) is 13.0. The molecule has 0 radical (unpaired) electrons. The van der Waals surface area contributed by atoms with Gasteiger partial charge in [0.15, 0.2) is 0 Å². The van der Waals surface area contributed by atoms with Gasteiger partial charge in [-0.15, -0.1) is 0 Å². The van der Waals surface area contributed by atoms with Crippen LogP contribution in [0.4, 0.5) is 5.69 Å². The number of nitrogens with one attached hydrogen (secondary N) is 1. The first-order valence-electron chi connectivity index (χ1n) is 5.24. The zero-order chi connectivity index (χ0) is 12.8. The van der Waals surface area contributed by atoms with Gasteiger partial charge in [-0.25, -0.2) is 4.79 Å². The lowest BCUT2D eigenvalue weighted by Crippen LogP contribution is -2.39. The second-order valence-electron chi connectivity index (χ2n) is 3.73. The topological polar surface area (TPSA) is 81.4 Å². The van der Waals surface area contributed by atoms with Crippen LogP contribution in [0.1, 0.15) is 12.5 Å². The van der Waals surface area contributed by atoms with E-state index in [0.29, 0.717) is 5.69 Å². The van der Waals surface area contributed by atoms with Gasteiger partial charge in [-0.05, 0) is 24.6 Å². The number of nitrogens with two attached hydrogens (primary N) is 1. The molecule has 0 aliphatic carbocycles. The number of benzene rings is 1. The van der Waals surface area contributed by atoms with E-state index in [1.165, 1.54) is 7.11 Å². The van der Waals surface area contributed by atoms with Crippen LogP contribution < -0.4 is 11.1 Å². The molecule has 0 bridgehead atoms. The Labute approximate surface area is 99.9 Å². The minimum atomic E-state index is -0.638. The lowest BCUT2D eigenvalue weighted by Gasteiger charge is -2.11. The van der Waals surface area contributed by atoms with Crippen molar-refractivity contribution in [3.8, 4) is 0 Å². The van der Waals surface area contributed by atoms with Gasteiger partial charge in [-0.1, -0.05) is 12.1 Å². The summed E-state index contributed by atoms with van der Waals surface area (Å²) in [6, 6.07) is 6.37. The highest BCUT2D eigenvalue weighted by molar-refractivity contribution is 5.85. The maximum Gasteiger partial charge on any atom is 0.328 e. The largest absolute Gasteiger partial charge is 0.467 e. The van der Waals surface area contributed by atoms with Gasteiger partial charge in [0.25, 0.3) is 0 Å². The smallest absolute Gasteiger partial charge is 0.328 e. The first-order valence-corrected chi connectivity index (χ1v) is 5.24. The minimum absolute atomic E-state index is 0.210. The molecule has 1 amide bonds. The van der Waals surface area contributed by atoms with E-state index < -0.39 is 12.0 Å². The molecule has 1 unspecified atom stereocenters. The number of anilines is 1. The number of nitrogen functional groups attached to an aromatic ring is 1. The molecule has 5 nitrogen and oxygen atoms in total. The second-order valence-corrected chi connectivity index (χ2v) is 3.73. The molecule has 0 aliphatic heterocycles. The number of hydrogen-bond donors (Lipinski definition) is 2. The molecule has 0 heterocycles. The molecular weight excluding hydrogens is 220 g/mol. The number of amides is 1. The molecule has 0 spiro atoms. The van der Waals surface area contributed by atoms with E-state index >= 15 is 0 Å². The van der Waals surface area contributed by atoms with Crippen LogP contribution >= 0.6 is 0 Å². The normalized spacial score (nSPS) is 11.6. The average molecular weight is 236 g/mol. The van der Waals surface area contributed by atoms with Crippen molar-refractivity contribution in [1.82, 2.24) is 5.32 Å². The molecule has 0 aliphatic rings. The Morgan fingerprint density at radius 3 is 2.47 bits per heavy atom. The van der Waals surface area contributed by atoms with Crippen LogP contribution in [0.2, 0.25) is 0 Å². The highest BCUT2D eigenvalue weighted by Gasteiger charge is 2.15. The van der Waals surface area contributed by atoms with Gasteiger partial charge in [0.2, 0.25) is 5.91 Å². The van der Waals surface area contributed by atoms with E-state index in [0.717, 1.165) is 5.56 Å². The molecule has 3 N–H and O–H groups in total. The van der Waals surface area contributed by atoms with Crippen molar-refractivity contribution in [1.29, 1.82) is 0 Å². The predicted molar refractivity (Wildman–Crippen MR) is 64.2 cm³/mol. The Morgan fingerprint density at radius 1 is 1.35 bits per heavy atom. The summed E-state index contributed by atoms with van der Waals surface area (Å²) in [5.74, 6) is -0.691. The molecule has 0 aromatic heterocycles. The van der Waals surface area contributed by atoms with Gasteiger partial charge < -0.3 is 15.8 Å². The van der Waals surface area contributed by atoms with Crippen LogP contribution in [0, 0.1) is 0 Å². The third kappa shape index (κ3) is 4.14. The summed E-state index contributed by atoms with van der Waals surface area (Å²) in [6.45, 7) is 1.58. The van der Waals surface area contributed by atoms with Gasteiger partial charge in [0.05, 0.1) is 13.5 Å². The van der Waals surface area contributed by atoms with E-state index in [1.807, 2.05) is 0 Å². The summed E-state index contributed by atoms with van der Waals surface area (Å²) in [5.41, 5.74) is 7.03. The summed E-state index contributed by atoms with van der Waals surface area (Å²) >= 11 is 0. The number of methoxy groups -OCH3 is 1. The Kier molecular flexibility index (Phi) is 4.51. The molecular formula is C12H16N2O3. The van der Waals surface area contributed by atoms with Crippen molar-refractivity contribution in [2.75, 3.05) is 12.8 Å². The van der Waals surface area contributed by atoms with Gasteiger partial charge in [-0.2, -0.15) is 0 Å². The van der Waals surface area contributed by atoms with Crippen LogP contribution in [-0.4, -0.2) is 25.0 Å². The van der Waals surface area contributed by atoms with Crippen molar-refractivity contribution in [3.63, 3.8) is 0 Å². The number of carbonyl (C=O) groups is 2. The lowest BCUT2D eigenvalue weighted by molar-refractivity contribution is -0.144. The van der Waals surface area contributed by atoms with E-state index in [4.69, 9.17) is 5.73 Å². The van der Waals surface area contributed by atoms with Crippen LogP contribution in [0.3, 0.4) is 0 Å². The number of carbonyl (C=O) groups excluding carboxylic acids is 2. The molecule has 1 rings (SSSR count). The zero-order valence-electron chi connectivity index (χ0n) is 9.90. The summed E-state index contributed by atoms with van der Waals surface area (Å²) in [7, 11) is 1.28. The quantitative estimate of drug-likeness (QED) is 0.589. The SMILES string of the molecule is COC(=O)C(C)NC(=O)Cc1ccc(N)cc1. The van der Waals surface area contributed by atoms with Gasteiger partial charge >= 0.3 is 5.97 Å². The molecule has 0 saturated heterocycles. The highest BCUT2D eigenvalue weighted by Crippen LogP contribution is 2.06. The van der Waals surface area contributed by atoms with Gasteiger partial charge in [0, 0.05) is 5.69 Å². The molecule has 0 fully saturated rings. The summed E-state index contributed by atoms with van der Waals surface area (Å²) < 4.78 is 4.51. The Bertz CT molecular complexity index is 401. The van der Waals surface area contributed by atoms with Gasteiger partial charge in [-0.3, -0.25) is 4.79 Å². The Hall–Kier alpha value is -2.04. The number of rotatable bonds is 4. The number of ether oxygens (including phenoxy) is 1. The van der Waals surface area contributed by atoms with Crippen molar-refractivity contribution < 1.29 is 14.3 Å². The van der Waals surface area contributed by atoms with Gasteiger partial charge in [0.1, 0.15) is 6.04 Å². The number of esters is 1. The van der Waals surface area contributed by atoms with E-state index in [9.17, 15) is 9.59 Å². The molecule has 1 aromatic carbocycles. The van der Waals surface area contributed by atoms with Crippen molar-refractivity contribution in [2.45, 2.75) is 19.4 Å². The predicted octanol–water partition coefficient (Wildman–Crippen LogP) is 0.489. The van der Waals surface area contributed by atoms with Crippen LogP contribution in [-0.2, 0) is 20.7 Å². The Morgan fingerprint density at radius 2 is 1.94 bits per heavy atom. The fourth-order valence-electron chi connectivity index (χ4n) is 1.35. The van der Waals surface area contributed by atoms with Crippen LogP contribution in [0.15, 0.2) is 24.3 Å². The fraction of sp³-hybridized carbons (Fsp3) is 0.333. The fourth-order valence-corrected chi connectivity index (χ4v) is 1.35. The molecule has 5 heteroatoms. The zero-order valence-corrected chi connectivity index (χ0v) is 9.90. The highest BCUT2D eigenvalue weighted by atomic mass is 16.5. The summed E-state index contributed by atoms with van der Waals surface area (Å²) in [4.78, 5) is 22.7. The summed E-state index contributed by atoms with van der Waals surface area (Å²) in [5, 5.41) is 2.55. The summed E-state index contributed by atoms with van der Waals surface area (Å²) in [6.07, 6.45) is 0.210. The first-order chi connectivity index (χ1) is 8.02. The maximum atomic E-state index is 11.6. The minimum Gasteiger partial charge on any atom is -0.467 e. The van der Waals surface area contributed by atoms with E-state index in [-0.39, 0.29) is 12.3 Å². The number of hydrogen-bond acceptors (Lipinski definition) is 4. The molecule has 1 aromatic rings. The monoisotopic (exact) mass is 236 g/mol. The second kappa shape index (κ2) is 5.89. The molecule has 0 saturated carbocycles. The standard InChI is InChI=1S/C12H16N2O3/c1-8(12(16)17-2)14-11(15)7-9-3-5-10(13)6-4-9/h3-6,8H,7,13H2,1-2H3,(H,14,15). The van der Waals surface area contributed by atoms with Crippen LogP contribution in [0.25, 0.3) is 0 Å². The lowest BCUT2D eigenvalue weighted by atomic mass is 10.1. The molecule has 17 heavy (non-hydrogen) atoms. The van der Waals surface area contributed by atoms with Crippen molar-refractivity contribution >= 4 is 17.6 Å². The van der Waals surface area contributed by atoms with E-state index in [1.54, 1.807) is 31.2 Å². The van der Waals surface area contributed by atoms with E-state index in [2.05, 4.69) is 10.1 Å². The van der Waals surface area contributed by atoms with Crippen molar-refractivity contribution in [3.05, 3.63) is 29.8 Å². The average Bonchev–Trinajstić information content (AvgIpc) is 2.30. The van der Waals surface area contributed by atoms with Crippen LogP contribution in [0.5, 0.6) is 0 Å². The molecule has 1 atom stereocenters. The third-order valence-electron chi connectivity index (χ3n) is 2.28. The van der Waals surface area contributed by atoms with Crippen molar-refractivity contribution in [2.24, 2.45) is 0 Å². The maximum absolute atomic E-state index is 11.6. The third-order valence-corrected chi connectivity index (χ3v) is 2.28. The molecule has 92 valence electrons.